The average molecular weight is 176 g/mol. The normalized spacial score (nSPS) is 16.7. The lowest BCUT2D eigenvalue weighted by atomic mass is 10.2. The fraction of sp³-hybridized carbons (Fsp3) is 0.571. The Morgan fingerprint density at radius 2 is 2.50 bits per heavy atom. The van der Waals surface area contributed by atoms with Gasteiger partial charge in [0.05, 0.1) is 0 Å². The summed E-state index contributed by atoms with van der Waals surface area (Å²) in [6.07, 6.45) is 0.849. The van der Waals surface area contributed by atoms with Crippen LogP contribution in [0.5, 0.6) is 0 Å². The number of nitrogens with one attached hydrogen (secondary N) is 1. The van der Waals surface area contributed by atoms with E-state index in [0.29, 0.717) is 6.54 Å². The zero-order valence-electron chi connectivity index (χ0n) is 6.52. The zero-order chi connectivity index (χ0) is 8.81. The average Bonchev–Trinajstić information content (AvgIpc) is 2.05. The standard InChI is InChI=1S/C7H10F2N2O/c8-7(9)11-12-5-6-2-1-3-10-4-6/h2,10H,1,3-5H2. The predicted molar refractivity (Wildman–Crippen MR) is 41.2 cm³/mol. The van der Waals surface area contributed by atoms with Crippen LogP contribution in [0.3, 0.4) is 0 Å². The second-order valence-corrected chi connectivity index (χ2v) is 2.43. The lowest BCUT2D eigenvalue weighted by Gasteiger charge is -2.12. The van der Waals surface area contributed by atoms with Crippen molar-refractivity contribution in [2.75, 3.05) is 19.7 Å². The lowest BCUT2D eigenvalue weighted by molar-refractivity contribution is 0.156. The van der Waals surface area contributed by atoms with Crippen LogP contribution in [0, 0.1) is 0 Å². The summed E-state index contributed by atoms with van der Waals surface area (Å²) < 4.78 is 22.8. The maximum Gasteiger partial charge on any atom is 0.397 e. The Morgan fingerprint density at radius 1 is 1.67 bits per heavy atom. The highest BCUT2D eigenvalue weighted by Crippen LogP contribution is 2.01. The van der Waals surface area contributed by atoms with Gasteiger partial charge in [-0.1, -0.05) is 6.08 Å². The van der Waals surface area contributed by atoms with E-state index >= 15 is 0 Å². The molecule has 1 rings (SSSR count). The maximum atomic E-state index is 11.4. The van der Waals surface area contributed by atoms with Crippen molar-refractivity contribution in [3.05, 3.63) is 11.6 Å². The van der Waals surface area contributed by atoms with Crippen LogP contribution in [0.2, 0.25) is 0 Å². The van der Waals surface area contributed by atoms with Crippen LogP contribution < -0.4 is 5.32 Å². The van der Waals surface area contributed by atoms with Gasteiger partial charge in [0.15, 0.2) is 0 Å². The molecule has 5 heteroatoms. The topological polar surface area (TPSA) is 33.6 Å². The summed E-state index contributed by atoms with van der Waals surface area (Å²) in [6, 6.07) is 0. The van der Waals surface area contributed by atoms with E-state index in [4.69, 9.17) is 0 Å². The zero-order valence-corrected chi connectivity index (χ0v) is 6.52. The molecule has 0 amide bonds. The van der Waals surface area contributed by atoms with Gasteiger partial charge in [-0.05, 0) is 23.7 Å². The number of rotatable bonds is 3. The molecule has 0 unspecified atom stereocenters. The lowest BCUT2D eigenvalue weighted by Crippen LogP contribution is -2.23. The fourth-order valence-corrected chi connectivity index (χ4v) is 0.973. The summed E-state index contributed by atoms with van der Waals surface area (Å²) in [5, 5.41) is 5.62. The highest BCUT2D eigenvalue weighted by molar-refractivity contribution is 5.62. The minimum Gasteiger partial charge on any atom is -0.387 e. The molecule has 0 aliphatic carbocycles. The van der Waals surface area contributed by atoms with Gasteiger partial charge in [-0.15, -0.1) is 8.78 Å². The molecule has 0 saturated carbocycles. The van der Waals surface area contributed by atoms with Crippen LogP contribution in [-0.4, -0.2) is 25.9 Å². The number of nitrogens with zero attached hydrogens (tertiary/aromatic N) is 1. The van der Waals surface area contributed by atoms with Crippen molar-refractivity contribution in [1.82, 2.24) is 5.32 Å². The first-order chi connectivity index (χ1) is 5.79. The van der Waals surface area contributed by atoms with Crippen LogP contribution in [0.15, 0.2) is 16.8 Å². The van der Waals surface area contributed by atoms with Gasteiger partial charge in [0.1, 0.15) is 6.61 Å². The van der Waals surface area contributed by atoms with Gasteiger partial charge in [-0.2, -0.15) is 0 Å². The fourth-order valence-electron chi connectivity index (χ4n) is 0.973. The Morgan fingerprint density at radius 3 is 3.08 bits per heavy atom. The second kappa shape index (κ2) is 4.82. The molecule has 1 heterocycles. The largest absolute Gasteiger partial charge is 0.397 e. The van der Waals surface area contributed by atoms with Gasteiger partial charge in [0, 0.05) is 6.54 Å². The summed E-state index contributed by atoms with van der Waals surface area (Å²) in [4.78, 5) is 4.36. The van der Waals surface area contributed by atoms with Crippen molar-refractivity contribution in [2.24, 2.45) is 5.16 Å². The molecule has 0 fully saturated rings. The van der Waals surface area contributed by atoms with Gasteiger partial charge < -0.3 is 10.2 Å². The first kappa shape index (κ1) is 9.12. The Hall–Kier alpha value is -0.970. The molecule has 0 spiro atoms. The summed E-state index contributed by atoms with van der Waals surface area (Å²) in [5.74, 6) is 0. The quantitative estimate of drug-likeness (QED) is 0.397. The minimum atomic E-state index is -2.04. The van der Waals surface area contributed by atoms with E-state index in [2.05, 4.69) is 15.3 Å². The van der Waals surface area contributed by atoms with E-state index in [1.807, 2.05) is 6.08 Å². The molecule has 1 N–H and O–H groups in total. The van der Waals surface area contributed by atoms with Crippen LogP contribution in [0.1, 0.15) is 6.42 Å². The molecule has 3 nitrogen and oxygen atoms in total. The van der Waals surface area contributed by atoms with Crippen molar-refractivity contribution >= 4 is 6.22 Å². The van der Waals surface area contributed by atoms with E-state index in [-0.39, 0.29) is 6.61 Å². The van der Waals surface area contributed by atoms with Crippen molar-refractivity contribution in [1.29, 1.82) is 0 Å². The first-order valence-corrected chi connectivity index (χ1v) is 3.68. The number of hydrogen-bond donors (Lipinski definition) is 1. The van der Waals surface area contributed by atoms with E-state index in [1.165, 1.54) is 0 Å². The van der Waals surface area contributed by atoms with Crippen molar-refractivity contribution < 1.29 is 13.6 Å². The molecular formula is C7H10F2N2O. The van der Waals surface area contributed by atoms with Gasteiger partial charge in [-0.3, -0.25) is 0 Å². The summed E-state index contributed by atoms with van der Waals surface area (Å²) in [6.45, 7) is 1.78. The van der Waals surface area contributed by atoms with Crippen molar-refractivity contribution in [2.45, 2.75) is 6.42 Å². The maximum absolute atomic E-state index is 11.4. The molecule has 0 aromatic carbocycles. The highest BCUT2D eigenvalue weighted by Gasteiger charge is 2.02. The number of halogens is 2. The highest BCUT2D eigenvalue weighted by atomic mass is 19.3. The van der Waals surface area contributed by atoms with Crippen LogP contribution >= 0.6 is 0 Å². The molecule has 1 aliphatic rings. The third-order valence-corrected chi connectivity index (χ3v) is 1.49. The summed E-state index contributed by atoms with van der Waals surface area (Å²) >= 11 is 0. The third kappa shape index (κ3) is 3.43. The second-order valence-electron chi connectivity index (χ2n) is 2.43. The van der Waals surface area contributed by atoms with E-state index in [9.17, 15) is 8.78 Å². The van der Waals surface area contributed by atoms with Gasteiger partial charge in [0.2, 0.25) is 0 Å². The van der Waals surface area contributed by atoms with E-state index in [0.717, 1.165) is 18.5 Å². The molecule has 12 heavy (non-hydrogen) atoms. The Bertz CT molecular complexity index is 200. The SMILES string of the molecule is FC(F)=NOCC1=CCCNC1. The van der Waals surface area contributed by atoms with E-state index in [1.54, 1.807) is 0 Å². The third-order valence-electron chi connectivity index (χ3n) is 1.49. The van der Waals surface area contributed by atoms with Crippen LogP contribution in [-0.2, 0) is 4.84 Å². The molecule has 1 aliphatic heterocycles. The molecular weight excluding hydrogens is 166 g/mol. The molecule has 0 bridgehead atoms. The Balaban J connectivity index is 2.22. The van der Waals surface area contributed by atoms with Gasteiger partial charge >= 0.3 is 6.22 Å². The summed E-state index contributed by atoms with van der Waals surface area (Å²) in [7, 11) is 0. The minimum absolute atomic E-state index is 0.143. The molecule has 0 saturated heterocycles. The first-order valence-electron chi connectivity index (χ1n) is 3.68. The van der Waals surface area contributed by atoms with Gasteiger partial charge in [0.25, 0.3) is 0 Å². The van der Waals surface area contributed by atoms with Gasteiger partial charge in [-0.25, -0.2) is 0 Å². The summed E-state index contributed by atoms with van der Waals surface area (Å²) in [5.41, 5.74) is 0.964. The number of hydrogen-bond acceptors (Lipinski definition) is 3. The van der Waals surface area contributed by atoms with Crippen molar-refractivity contribution in [3.63, 3.8) is 0 Å². The smallest absolute Gasteiger partial charge is 0.387 e. The molecule has 68 valence electrons. The monoisotopic (exact) mass is 176 g/mol. The van der Waals surface area contributed by atoms with Crippen LogP contribution in [0.25, 0.3) is 0 Å². The molecule has 0 atom stereocenters. The van der Waals surface area contributed by atoms with Crippen molar-refractivity contribution in [3.8, 4) is 0 Å². The molecule has 0 aromatic heterocycles. The number of oxime groups is 1. The Kier molecular flexibility index (Phi) is 3.66. The van der Waals surface area contributed by atoms with Crippen LogP contribution in [0.4, 0.5) is 8.78 Å². The molecule has 0 aromatic rings. The molecule has 0 radical (unpaired) electrons. The predicted octanol–water partition coefficient (Wildman–Crippen LogP) is 1.13. The van der Waals surface area contributed by atoms with E-state index < -0.39 is 6.22 Å². The Labute approximate surface area is 69.1 Å².